The van der Waals surface area contributed by atoms with Crippen LogP contribution in [-0.2, 0) is 4.79 Å². The molecule has 1 amide bonds. The quantitative estimate of drug-likeness (QED) is 0.772. The standard InChI is InChI=1S/C13H26N2O/c1-11(9-10-14)15-13(16)12-7-5-3-2-4-6-8-12/h11-12H,2-10,14H2,1H3,(H,15,16). The van der Waals surface area contributed by atoms with E-state index in [1.807, 2.05) is 6.92 Å². The van der Waals surface area contributed by atoms with Gasteiger partial charge in [-0.05, 0) is 32.7 Å². The van der Waals surface area contributed by atoms with E-state index in [1.54, 1.807) is 0 Å². The number of amides is 1. The van der Waals surface area contributed by atoms with Crippen molar-refractivity contribution in [1.82, 2.24) is 5.32 Å². The highest BCUT2D eigenvalue weighted by Crippen LogP contribution is 2.22. The largest absolute Gasteiger partial charge is 0.353 e. The zero-order chi connectivity index (χ0) is 11.8. The first-order chi connectivity index (χ1) is 7.74. The lowest BCUT2D eigenvalue weighted by Crippen LogP contribution is -2.38. The van der Waals surface area contributed by atoms with Crippen molar-refractivity contribution in [2.24, 2.45) is 11.7 Å². The molecule has 1 aliphatic rings. The highest BCUT2D eigenvalue weighted by atomic mass is 16.1. The highest BCUT2D eigenvalue weighted by Gasteiger charge is 2.20. The van der Waals surface area contributed by atoms with E-state index in [1.165, 1.54) is 32.1 Å². The van der Waals surface area contributed by atoms with Crippen molar-refractivity contribution in [1.29, 1.82) is 0 Å². The number of rotatable bonds is 4. The molecular weight excluding hydrogens is 200 g/mol. The average Bonchev–Trinajstić information content (AvgIpc) is 2.16. The zero-order valence-electron chi connectivity index (χ0n) is 10.5. The summed E-state index contributed by atoms with van der Waals surface area (Å²) in [4.78, 5) is 12.0. The van der Waals surface area contributed by atoms with Crippen molar-refractivity contribution in [3.05, 3.63) is 0 Å². The van der Waals surface area contributed by atoms with E-state index < -0.39 is 0 Å². The van der Waals surface area contributed by atoms with Crippen LogP contribution in [0.3, 0.4) is 0 Å². The van der Waals surface area contributed by atoms with Gasteiger partial charge >= 0.3 is 0 Å². The number of hydrogen-bond acceptors (Lipinski definition) is 2. The molecule has 0 aliphatic heterocycles. The van der Waals surface area contributed by atoms with Crippen LogP contribution in [0.2, 0.25) is 0 Å². The number of nitrogens with one attached hydrogen (secondary N) is 1. The summed E-state index contributed by atoms with van der Waals surface area (Å²) in [5, 5.41) is 3.08. The minimum Gasteiger partial charge on any atom is -0.353 e. The molecule has 3 nitrogen and oxygen atoms in total. The van der Waals surface area contributed by atoms with Crippen molar-refractivity contribution < 1.29 is 4.79 Å². The number of carbonyl (C=O) groups is 1. The summed E-state index contributed by atoms with van der Waals surface area (Å²) < 4.78 is 0. The van der Waals surface area contributed by atoms with E-state index in [2.05, 4.69) is 5.32 Å². The Morgan fingerprint density at radius 1 is 1.25 bits per heavy atom. The Hall–Kier alpha value is -0.570. The van der Waals surface area contributed by atoms with Crippen LogP contribution in [0.25, 0.3) is 0 Å². The van der Waals surface area contributed by atoms with Crippen LogP contribution in [0.4, 0.5) is 0 Å². The third kappa shape index (κ3) is 4.97. The number of nitrogens with two attached hydrogens (primary N) is 1. The van der Waals surface area contributed by atoms with Crippen molar-refractivity contribution >= 4 is 5.91 Å². The minimum absolute atomic E-state index is 0.225. The van der Waals surface area contributed by atoms with Gasteiger partial charge in [-0.1, -0.05) is 32.1 Å². The molecule has 16 heavy (non-hydrogen) atoms. The van der Waals surface area contributed by atoms with Gasteiger partial charge in [0, 0.05) is 12.0 Å². The maximum Gasteiger partial charge on any atom is 0.223 e. The second kappa shape index (κ2) is 7.66. The van der Waals surface area contributed by atoms with Gasteiger partial charge in [0.05, 0.1) is 0 Å². The van der Waals surface area contributed by atoms with Gasteiger partial charge in [-0.2, -0.15) is 0 Å². The summed E-state index contributed by atoms with van der Waals surface area (Å²) in [7, 11) is 0. The second-order valence-corrected chi connectivity index (χ2v) is 5.03. The first-order valence-corrected chi connectivity index (χ1v) is 6.74. The van der Waals surface area contributed by atoms with Crippen LogP contribution in [0, 0.1) is 5.92 Å². The minimum atomic E-state index is 0.225. The summed E-state index contributed by atoms with van der Waals surface area (Å²) in [6.07, 6.45) is 9.37. The molecule has 94 valence electrons. The van der Waals surface area contributed by atoms with Crippen LogP contribution in [0.5, 0.6) is 0 Å². The molecule has 1 aliphatic carbocycles. The predicted octanol–water partition coefficient (Wildman–Crippen LogP) is 2.20. The maximum atomic E-state index is 12.0. The monoisotopic (exact) mass is 226 g/mol. The van der Waals surface area contributed by atoms with Crippen molar-refractivity contribution in [3.8, 4) is 0 Å². The van der Waals surface area contributed by atoms with E-state index in [0.29, 0.717) is 6.54 Å². The average molecular weight is 226 g/mol. The van der Waals surface area contributed by atoms with Gasteiger partial charge in [0.15, 0.2) is 0 Å². The van der Waals surface area contributed by atoms with Crippen LogP contribution in [0.1, 0.15) is 58.3 Å². The Morgan fingerprint density at radius 3 is 2.38 bits per heavy atom. The first-order valence-electron chi connectivity index (χ1n) is 6.74. The molecule has 1 saturated carbocycles. The molecule has 1 unspecified atom stereocenters. The Balaban J connectivity index is 2.32. The summed E-state index contributed by atoms with van der Waals surface area (Å²) in [5.41, 5.74) is 5.48. The van der Waals surface area contributed by atoms with E-state index in [4.69, 9.17) is 5.73 Å². The fourth-order valence-corrected chi connectivity index (χ4v) is 2.40. The molecule has 0 aromatic rings. The fraction of sp³-hybridized carbons (Fsp3) is 0.923. The predicted molar refractivity (Wildman–Crippen MR) is 67.1 cm³/mol. The fourth-order valence-electron chi connectivity index (χ4n) is 2.40. The number of carbonyl (C=O) groups excluding carboxylic acids is 1. The summed E-state index contributed by atoms with van der Waals surface area (Å²) in [6.45, 7) is 2.68. The molecule has 0 saturated heterocycles. The van der Waals surface area contributed by atoms with Crippen LogP contribution in [0.15, 0.2) is 0 Å². The zero-order valence-corrected chi connectivity index (χ0v) is 10.5. The normalized spacial score (nSPS) is 20.9. The van der Waals surface area contributed by atoms with Crippen LogP contribution >= 0.6 is 0 Å². The molecule has 0 heterocycles. The van der Waals surface area contributed by atoms with Gasteiger partial charge in [-0.25, -0.2) is 0 Å². The maximum absolute atomic E-state index is 12.0. The molecule has 0 radical (unpaired) electrons. The van der Waals surface area contributed by atoms with Gasteiger partial charge < -0.3 is 11.1 Å². The molecule has 0 aromatic heterocycles. The Bertz CT molecular complexity index is 198. The van der Waals surface area contributed by atoms with Gasteiger partial charge in [0.2, 0.25) is 5.91 Å². The third-order valence-corrected chi connectivity index (χ3v) is 3.46. The lowest BCUT2D eigenvalue weighted by molar-refractivity contribution is -0.126. The molecule has 1 rings (SSSR count). The molecule has 0 bridgehead atoms. The van der Waals surface area contributed by atoms with E-state index in [-0.39, 0.29) is 17.9 Å². The molecule has 0 aromatic carbocycles. The molecule has 1 atom stereocenters. The third-order valence-electron chi connectivity index (χ3n) is 3.46. The van der Waals surface area contributed by atoms with E-state index in [0.717, 1.165) is 19.3 Å². The van der Waals surface area contributed by atoms with E-state index in [9.17, 15) is 4.79 Å². The van der Waals surface area contributed by atoms with Crippen molar-refractivity contribution in [3.63, 3.8) is 0 Å². The van der Waals surface area contributed by atoms with Crippen molar-refractivity contribution in [2.45, 2.75) is 64.3 Å². The van der Waals surface area contributed by atoms with Gasteiger partial charge in [-0.3, -0.25) is 4.79 Å². The summed E-state index contributed by atoms with van der Waals surface area (Å²) >= 11 is 0. The topological polar surface area (TPSA) is 55.1 Å². The Kier molecular flexibility index (Phi) is 6.46. The Morgan fingerprint density at radius 2 is 1.81 bits per heavy atom. The second-order valence-electron chi connectivity index (χ2n) is 5.03. The summed E-state index contributed by atoms with van der Waals surface area (Å²) in [6, 6.07) is 0.225. The highest BCUT2D eigenvalue weighted by molar-refractivity contribution is 5.78. The SMILES string of the molecule is CC(CCN)NC(=O)C1CCCCCCC1. The molecular formula is C13H26N2O. The Labute approximate surface area is 99.2 Å². The molecule has 3 N–H and O–H groups in total. The van der Waals surface area contributed by atoms with E-state index >= 15 is 0 Å². The smallest absolute Gasteiger partial charge is 0.223 e. The molecule has 1 fully saturated rings. The first kappa shape index (κ1) is 13.5. The lowest BCUT2D eigenvalue weighted by Gasteiger charge is -2.21. The van der Waals surface area contributed by atoms with Gasteiger partial charge in [0.1, 0.15) is 0 Å². The van der Waals surface area contributed by atoms with Crippen molar-refractivity contribution in [2.75, 3.05) is 6.54 Å². The van der Waals surface area contributed by atoms with Gasteiger partial charge in [0.25, 0.3) is 0 Å². The lowest BCUT2D eigenvalue weighted by atomic mass is 9.90. The van der Waals surface area contributed by atoms with Crippen LogP contribution in [-0.4, -0.2) is 18.5 Å². The van der Waals surface area contributed by atoms with Gasteiger partial charge in [-0.15, -0.1) is 0 Å². The summed E-state index contributed by atoms with van der Waals surface area (Å²) in [5.74, 6) is 0.503. The number of hydrogen-bond donors (Lipinski definition) is 2. The van der Waals surface area contributed by atoms with Crippen LogP contribution < -0.4 is 11.1 Å². The molecule has 0 spiro atoms. The molecule has 3 heteroatoms.